The zero-order valence-electron chi connectivity index (χ0n) is 15.6. The largest absolute Gasteiger partial charge is 0.484 e. The number of hydrogen-bond acceptors (Lipinski definition) is 3. The van der Waals surface area contributed by atoms with Gasteiger partial charge in [0.15, 0.2) is 5.78 Å². The summed E-state index contributed by atoms with van der Waals surface area (Å²) in [6.45, 7) is 4.36. The maximum Gasteiger partial charge on any atom is 0.192 e. The lowest BCUT2D eigenvalue weighted by molar-refractivity contribution is -0.120. The van der Waals surface area contributed by atoms with E-state index in [1.807, 2.05) is 60.7 Å². The van der Waals surface area contributed by atoms with Gasteiger partial charge in [-0.15, -0.1) is 0 Å². The summed E-state index contributed by atoms with van der Waals surface area (Å²) in [7, 11) is 0. The first-order valence-electron chi connectivity index (χ1n) is 9.61. The number of benzene rings is 2. The Hall–Kier alpha value is -2.81. The predicted octanol–water partition coefficient (Wildman–Crippen LogP) is 5.06. The Morgan fingerprint density at radius 2 is 1.33 bits per heavy atom. The Labute approximate surface area is 159 Å². The van der Waals surface area contributed by atoms with Crippen molar-refractivity contribution >= 4 is 17.9 Å². The van der Waals surface area contributed by atoms with Gasteiger partial charge in [-0.05, 0) is 30.7 Å². The van der Waals surface area contributed by atoms with Crippen LogP contribution >= 0.6 is 0 Å². The fraction of sp³-hybridized carbons (Fsp3) is 0.292. The van der Waals surface area contributed by atoms with Crippen molar-refractivity contribution < 1.29 is 14.3 Å². The lowest BCUT2D eigenvalue weighted by Gasteiger charge is -2.50. The highest BCUT2D eigenvalue weighted by Gasteiger charge is 2.56. The van der Waals surface area contributed by atoms with Crippen LogP contribution in [-0.2, 0) is 4.79 Å². The highest BCUT2D eigenvalue weighted by molar-refractivity contribution is 6.16. The average molecular weight is 358 g/mol. The van der Waals surface area contributed by atoms with Crippen molar-refractivity contribution in [1.29, 1.82) is 0 Å². The molecule has 2 atom stereocenters. The third kappa shape index (κ3) is 2.31. The van der Waals surface area contributed by atoms with Crippen LogP contribution in [0.2, 0.25) is 0 Å². The molecule has 0 spiro atoms. The second kappa shape index (κ2) is 5.85. The minimum absolute atomic E-state index is 0.0441. The summed E-state index contributed by atoms with van der Waals surface area (Å²) >= 11 is 0. The lowest BCUT2D eigenvalue weighted by Crippen LogP contribution is -2.57. The quantitative estimate of drug-likeness (QED) is 0.752. The van der Waals surface area contributed by atoms with Crippen molar-refractivity contribution in [3.05, 3.63) is 70.8 Å². The van der Waals surface area contributed by atoms with Crippen molar-refractivity contribution in [2.45, 2.75) is 38.9 Å². The van der Waals surface area contributed by atoms with Gasteiger partial charge in [0.25, 0.3) is 0 Å². The molecule has 0 radical (unpaired) electrons. The van der Waals surface area contributed by atoms with E-state index in [0.717, 1.165) is 46.6 Å². The number of rotatable bonds is 2. The average Bonchev–Trinajstić information content (AvgIpc) is 2.70. The molecule has 3 aliphatic rings. The molecule has 0 saturated heterocycles. The van der Waals surface area contributed by atoms with E-state index >= 15 is 0 Å². The first-order valence-corrected chi connectivity index (χ1v) is 9.61. The molecule has 2 aromatic rings. The predicted molar refractivity (Wildman–Crippen MR) is 106 cm³/mol. The molecule has 136 valence electrons. The van der Waals surface area contributed by atoms with Crippen LogP contribution in [-0.4, -0.2) is 18.0 Å². The van der Waals surface area contributed by atoms with Crippen LogP contribution in [0.15, 0.2) is 59.7 Å². The molecule has 0 aromatic heterocycles. The normalized spacial score (nSPS) is 24.1. The van der Waals surface area contributed by atoms with E-state index in [-0.39, 0.29) is 23.4 Å². The highest BCUT2D eigenvalue weighted by Crippen LogP contribution is 2.51. The number of ether oxygens (including phenoxy) is 2. The Morgan fingerprint density at radius 3 is 1.81 bits per heavy atom. The highest BCUT2D eigenvalue weighted by atomic mass is 16.5. The Balaban J connectivity index is 1.71. The molecule has 0 amide bonds. The van der Waals surface area contributed by atoms with E-state index in [2.05, 4.69) is 13.8 Å². The van der Waals surface area contributed by atoms with Crippen LogP contribution in [0.1, 0.15) is 37.8 Å². The summed E-state index contributed by atoms with van der Waals surface area (Å²) in [6, 6.07) is 15.8. The monoisotopic (exact) mass is 358 g/mol. The summed E-state index contributed by atoms with van der Waals surface area (Å²) in [5, 5.41) is 0. The molecule has 2 aromatic carbocycles. The van der Waals surface area contributed by atoms with Gasteiger partial charge in [0, 0.05) is 22.3 Å². The SMILES string of the molecule is CCCC1(C)[C@@H]2Oc3ccccc3C=C2C(=O)C2=Cc3ccccc3O[C@H]21. The van der Waals surface area contributed by atoms with E-state index in [1.54, 1.807) is 0 Å². The zero-order chi connectivity index (χ0) is 18.6. The minimum atomic E-state index is -0.318. The van der Waals surface area contributed by atoms with Crippen LogP contribution in [0.3, 0.4) is 0 Å². The standard InChI is InChI=1S/C24H22O3/c1-3-12-24(2)22-17(13-15-8-4-6-10-19(15)26-22)21(25)18-14-16-9-5-7-11-20(16)27-23(18)24/h4-11,13-14,22-23H,3,12H2,1-2H3/t22-,23-/m1/s1. The lowest BCUT2D eigenvalue weighted by atomic mass is 9.62. The Bertz CT molecular complexity index is 925. The zero-order valence-corrected chi connectivity index (χ0v) is 15.6. The summed E-state index contributed by atoms with van der Waals surface area (Å²) in [6.07, 6.45) is 5.33. The molecule has 0 N–H and O–H groups in total. The molecule has 3 nitrogen and oxygen atoms in total. The number of hydrogen-bond donors (Lipinski definition) is 0. The number of carbonyl (C=O) groups excluding carboxylic acids is 1. The number of carbonyl (C=O) groups is 1. The van der Waals surface area contributed by atoms with Gasteiger partial charge in [0.05, 0.1) is 5.41 Å². The number of Topliss-reactive ketones (excluding diaryl/α,β-unsaturated/α-hetero) is 1. The molecular weight excluding hydrogens is 336 g/mol. The second-order valence-electron chi connectivity index (χ2n) is 7.86. The van der Waals surface area contributed by atoms with E-state index in [9.17, 15) is 4.79 Å². The molecule has 1 fully saturated rings. The smallest absolute Gasteiger partial charge is 0.192 e. The molecule has 2 heterocycles. The topological polar surface area (TPSA) is 35.5 Å². The maximum atomic E-state index is 13.4. The molecule has 3 heteroatoms. The molecule has 2 aliphatic heterocycles. The van der Waals surface area contributed by atoms with Gasteiger partial charge in [-0.2, -0.15) is 0 Å². The minimum Gasteiger partial charge on any atom is -0.484 e. The van der Waals surface area contributed by atoms with Crippen LogP contribution in [0.25, 0.3) is 12.2 Å². The van der Waals surface area contributed by atoms with Crippen molar-refractivity contribution in [3.8, 4) is 11.5 Å². The molecular formula is C24H22O3. The Morgan fingerprint density at radius 1 is 0.852 bits per heavy atom. The van der Waals surface area contributed by atoms with Gasteiger partial charge < -0.3 is 9.47 Å². The van der Waals surface area contributed by atoms with E-state index in [1.165, 1.54) is 0 Å². The number of ketones is 1. The van der Waals surface area contributed by atoms with Gasteiger partial charge >= 0.3 is 0 Å². The number of para-hydroxylation sites is 2. The van der Waals surface area contributed by atoms with Crippen molar-refractivity contribution in [2.24, 2.45) is 5.41 Å². The molecule has 1 saturated carbocycles. The van der Waals surface area contributed by atoms with E-state index < -0.39 is 0 Å². The van der Waals surface area contributed by atoms with Gasteiger partial charge in [-0.25, -0.2) is 0 Å². The third-order valence-electron chi connectivity index (χ3n) is 6.03. The van der Waals surface area contributed by atoms with Gasteiger partial charge in [0.2, 0.25) is 0 Å². The molecule has 0 bridgehead atoms. The van der Waals surface area contributed by atoms with E-state index in [4.69, 9.17) is 9.47 Å². The van der Waals surface area contributed by atoms with Crippen LogP contribution in [0, 0.1) is 5.41 Å². The summed E-state index contributed by atoms with van der Waals surface area (Å²) in [5.41, 5.74) is 3.10. The molecule has 1 aliphatic carbocycles. The van der Waals surface area contributed by atoms with Crippen LogP contribution in [0.5, 0.6) is 11.5 Å². The summed E-state index contributed by atoms with van der Waals surface area (Å²) in [5.74, 6) is 1.72. The first-order chi connectivity index (χ1) is 13.1. The Kier molecular flexibility index (Phi) is 3.55. The van der Waals surface area contributed by atoms with Crippen molar-refractivity contribution in [1.82, 2.24) is 0 Å². The fourth-order valence-corrected chi connectivity index (χ4v) is 4.74. The van der Waals surface area contributed by atoms with Crippen molar-refractivity contribution in [3.63, 3.8) is 0 Å². The van der Waals surface area contributed by atoms with Gasteiger partial charge in [0.1, 0.15) is 23.7 Å². The van der Waals surface area contributed by atoms with Crippen molar-refractivity contribution in [2.75, 3.05) is 0 Å². The first kappa shape index (κ1) is 16.4. The van der Waals surface area contributed by atoms with E-state index in [0.29, 0.717) is 0 Å². The van der Waals surface area contributed by atoms with Gasteiger partial charge in [-0.1, -0.05) is 56.7 Å². The molecule has 27 heavy (non-hydrogen) atoms. The van der Waals surface area contributed by atoms with Gasteiger partial charge in [-0.3, -0.25) is 4.79 Å². The number of fused-ring (bicyclic) bond motifs is 4. The second-order valence-corrected chi connectivity index (χ2v) is 7.86. The summed E-state index contributed by atoms with van der Waals surface area (Å²) < 4.78 is 12.8. The van der Waals surface area contributed by atoms with Crippen LogP contribution in [0.4, 0.5) is 0 Å². The fourth-order valence-electron chi connectivity index (χ4n) is 4.74. The summed E-state index contributed by atoms with van der Waals surface area (Å²) in [4.78, 5) is 13.4. The molecule has 5 rings (SSSR count). The van der Waals surface area contributed by atoms with Crippen LogP contribution < -0.4 is 9.47 Å². The molecule has 0 unspecified atom stereocenters. The maximum absolute atomic E-state index is 13.4. The third-order valence-corrected chi connectivity index (χ3v) is 6.03.